The molecule has 0 unspecified atom stereocenters. The summed E-state index contributed by atoms with van der Waals surface area (Å²) in [5.41, 5.74) is 6.26. The second-order valence-electron chi connectivity index (χ2n) is 5.57. The highest BCUT2D eigenvalue weighted by Gasteiger charge is 2.27. The van der Waals surface area contributed by atoms with E-state index in [4.69, 9.17) is 10.5 Å². The number of aromatic nitrogens is 1. The maximum atomic E-state index is 13.0. The highest BCUT2D eigenvalue weighted by molar-refractivity contribution is 6.18. The molecule has 0 radical (unpaired) electrons. The Morgan fingerprint density at radius 3 is 2.46 bits per heavy atom. The standard InChI is InChI=1S/C19H16F2N2O3/c1-2-26-19(25)23-14-9-8-12(18(20)21)10-13(14)15(22)16(23)17(24)11-6-4-3-5-7-11/h3-10,18H,2,22H2,1H3. The lowest BCUT2D eigenvalue weighted by atomic mass is 10.1. The van der Waals surface area contributed by atoms with Crippen molar-refractivity contribution in [3.63, 3.8) is 0 Å². The summed E-state index contributed by atoms with van der Waals surface area (Å²) in [4.78, 5) is 25.4. The van der Waals surface area contributed by atoms with Crippen LogP contribution in [-0.4, -0.2) is 23.1 Å². The average molecular weight is 358 g/mol. The minimum atomic E-state index is -2.70. The van der Waals surface area contributed by atoms with Crippen LogP contribution in [0, 0.1) is 0 Å². The van der Waals surface area contributed by atoms with Crippen LogP contribution in [0.2, 0.25) is 0 Å². The quantitative estimate of drug-likeness (QED) is 0.702. The largest absolute Gasteiger partial charge is 0.449 e. The number of alkyl halides is 2. The molecule has 0 atom stereocenters. The first-order valence-corrected chi connectivity index (χ1v) is 7.94. The van der Waals surface area contributed by atoms with Crippen LogP contribution in [0.25, 0.3) is 10.9 Å². The molecule has 0 saturated heterocycles. The van der Waals surface area contributed by atoms with E-state index in [9.17, 15) is 18.4 Å². The number of hydrogen-bond acceptors (Lipinski definition) is 4. The number of nitrogens with zero attached hydrogens (tertiary/aromatic N) is 1. The van der Waals surface area contributed by atoms with Crippen LogP contribution in [0.15, 0.2) is 48.5 Å². The van der Waals surface area contributed by atoms with Crippen molar-refractivity contribution in [1.29, 1.82) is 0 Å². The molecule has 0 fully saturated rings. The third-order valence-electron chi connectivity index (χ3n) is 3.98. The van der Waals surface area contributed by atoms with Gasteiger partial charge in [-0.2, -0.15) is 0 Å². The fourth-order valence-corrected chi connectivity index (χ4v) is 2.80. The molecule has 26 heavy (non-hydrogen) atoms. The summed E-state index contributed by atoms with van der Waals surface area (Å²) in [5.74, 6) is -0.494. The van der Waals surface area contributed by atoms with Crippen LogP contribution >= 0.6 is 0 Å². The molecule has 0 aliphatic rings. The highest BCUT2D eigenvalue weighted by atomic mass is 19.3. The van der Waals surface area contributed by atoms with Crippen LogP contribution in [0.4, 0.5) is 19.3 Å². The second-order valence-corrected chi connectivity index (χ2v) is 5.57. The van der Waals surface area contributed by atoms with E-state index < -0.39 is 18.3 Å². The Morgan fingerprint density at radius 1 is 1.15 bits per heavy atom. The second kappa shape index (κ2) is 6.95. The molecule has 134 valence electrons. The molecule has 0 aliphatic heterocycles. The number of ketones is 1. The Kier molecular flexibility index (Phi) is 4.71. The number of carbonyl (C=O) groups excluding carboxylic acids is 2. The fraction of sp³-hybridized carbons (Fsp3) is 0.158. The fourth-order valence-electron chi connectivity index (χ4n) is 2.80. The summed E-state index contributed by atoms with van der Waals surface area (Å²) in [6.45, 7) is 1.72. The van der Waals surface area contributed by atoms with Gasteiger partial charge in [0.25, 0.3) is 6.43 Å². The summed E-state index contributed by atoms with van der Waals surface area (Å²) in [6.07, 6.45) is -3.49. The third-order valence-corrected chi connectivity index (χ3v) is 3.98. The summed E-state index contributed by atoms with van der Waals surface area (Å²) in [7, 11) is 0. The third kappa shape index (κ3) is 2.92. The molecule has 5 nitrogen and oxygen atoms in total. The number of carbonyl (C=O) groups is 2. The SMILES string of the molecule is CCOC(=O)n1c(C(=O)c2ccccc2)c(N)c2cc(C(F)F)ccc21. The molecule has 0 spiro atoms. The molecular weight excluding hydrogens is 342 g/mol. The Morgan fingerprint density at radius 2 is 1.85 bits per heavy atom. The number of nitrogens with two attached hydrogens (primary N) is 1. The van der Waals surface area contributed by atoms with Gasteiger partial charge in [-0.3, -0.25) is 4.79 Å². The number of nitrogen functional groups attached to an aromatic ring is 1. The number of ether oxygens (including phenoxy) is 1. The van der Waals surface area contributed by atoms with Crippen molar-refractivity contribution in [1.82, 2.24) is 4.57 Å². The monoisotopic (exact) mass is 358 g/mol. The van der Waals surface area contributed by atoms with Gasteiger partial charge >= 0.3 is 6.09 Å². The molecule has 1 aromatic heterocycles. The number of fused-ring (bicyclic) bond motifs is 1. The molecule has 2 aromatic carbocycles. The van der Waals surface area contributed by atoms with Crippen molar-refractivity contribution in [2.75, 3.05) is 12.3 Å². The van der Waals surface area contributed by atoms with Gasteiger partial charge < -0.3 is 10.5 Å². The maximum Gasteiger partial charge on any atom is 0.419 e. The lowest BCUT2D eigenvalue weighted by Gasteiger charge is -2.09. The van der Waals surface area contributed by atoms with E-state index >= 15 is 0 Å². The Hall–Kier alpha value is -3.22. The van der Waals surface area contributed by atoms with Crippen LogP contribution in [0.3, 0.4) is 0 Å². The zero-order chi connectivity index (χ0) is 18.8. The first-order chi connectivity index (χ1) is 12.5. The van der Waals surface area contributed by atoms with Crippen LogP contribution in [-0.2, 0) is 4.74 Å². The Bertz CT molecular complexity index is 981. The topological polar surface area (TPSA) is 74.3 Å². The molecule has 0 saturated carbocycles. The number of halogens is 2. The van der Waals surface area contributed by atoms with Crippen molar-refractivity contribution < 1.29 is 23.1 Å². The van der Waals surface area contributed by atoms with Gasteiger partial charge in [-0.1, -0.05) is 36.4 Å². The van der Waals surface area contributed by atoms with E-state index in [0.29, 0.717) is 5.56 Å². The van der Waals surface area contributed by atoms with E-state index in [1.54, 1.807) is 37.3 Å². The van der Waals surface area contributed by atoms with Gasteiger partial charge in [-0.05, 0) is 19.1 Å². The summed E-state index contributed by atoms with van der Waals surface area (Å²) >= 11 is 0. The Labute approximate surface area is 148 Å². The summed E-state index contributed by atoms with van der Waals surface area (Å²) in [5, 5.41) is 0.204. The first kappa shape index (κ1) is 17.6. The van der Waals surface area contributed by atoms with Gasteiger partial charge in [0.2, 0.25) is 5.78 Å². The van der Waals surface area contributed by atoms with Gasteiger partial charge in [-0.15, -0.1) is 0 Å². The molecule has 3 rings (SSSR count). The predicted octanol–water partition coefficient (Wildman–Crippen LogP) is 4.40. The van der Waals surface area contributed by atoms with Gasteiger partial charge in [0.05, 0.1) is 17.8 Å². The molecule has 3 aromatic rings. The molecule has 0 bridgehead atoms. The minimum absolute atomic E-state index is 0.0376. The van der Waals surface area contributed by atoms with Crippen molar-refractivity contribution in [2.24, 2.45) is 0 Å². The normalized spacial score (nSPS) is 11.1. The lowest BCUT2D eigenvalue weighted by Crippen LogP contribution is -2.20. The Balaban J connectivity index is 2.29. The maximum absolute atomic E-state index is 13.0. The molecule has 0 aliphatic carbocycles. The van der Waals surface area contributed by atoms with Crippen molar-refractivity contribution >= 4 is 28.5 Å². The van der Waals surface area contributed by atoms with E-state index in [0.717, 1.165) is 4.57 Å². The first-order valence-electron chi connectivity index (χ1n) is 7.94. The van der Waals surface area contributed by atoms with E-state index in [1.807, 2.05) is 0 Å². The zero-order valence-corrected chi connectivity index (χ0v) is 13.9. The summed E-state index contributed by atoms with van der Waals surface area (Å²) in [6, 6.07) is 12.0. The smallest absolute Gasteiger partial charge is 0.419 e. The molecule has 7 heteroatoms. The molecule has 0 amide bonds. The van der Waals surface area contributed by atoms with Crippen molar-refractivity contribution in [3.8, 4) is 0 Å². The molecular formula is C19H16F2N2O3. The predicted molar refractivity (Wildman–Crippen MR) is 93.6 cm³/mol. The van der Waals surface area contributed by atoms with Crippen LogP contribution in [0.1, 0.15) is 35.0 Å². The molecule has 2 N–H and O–H groups in total. The number of anilines is 1. The van der Waals surface area contributed by atoms with E-state index in [2.05, 4.69) is 0 Å². The highest BCUT2D eigenvalue weighted by Crippen LogP contribution is 2.33. The van der Waals surface area contributed by atoms with Crippen molar-refractivity contribution in [2.45, 2.75) is 13.3 Å². The molecule has 1 heterocycles. The van der Waals surface area contributed by atoms with Crippen LogP contribution < -0.4 is 5.73 Å². The van der Waals surface area contributed by atoms with Gasteiger partial charge in [-0.25, -0.2) is 18.1 Å². The van der Waals surface area contributed by atoms with Gasteiger partial charge in [0.1, 0.15) is 5.69 Å². The average Bonchev–Trinajstić information content (AvgIpc) is 2.94. The minimum Gasteiger partial charge on any atom is -0.449 e. The van der Waals surface area contributed by atoms with E-state index in [-0.39, 0.29) is 34.5 Å². The lowest BCUT2D eigenvalue weighted by molar-refractivity contribution is 0.102. The number of hydrogen-bond donors (Lipinski definition) is 1. The zero-order valence-electron chi connectivity index (χ0n) is 13.9. The van der Waals surface area contributed by atoms with Gasteiger partial charge in [0, 0.05) is 16.5 Å². The summed E-state index contributed by atoms with van der Waals surface area (Å²) < 4.78 is 32.1. The van der Waals surface area contributed by atoms with Crippen molar-refractivity contribution in [3.05, 3.63) is 65.4 Å². The number of benzene rings is 2. The number of rotatable bonds is 4. The van der Waals surface area contributed by atoms with Gasteiger partial charge in [0.15, 0.2) is 0 Å². The van der Waals surface area contributed by atoms with E-state index in [1.165, 1.54) is 18.2 Å². The van der Waals surface area contributed by atoms with Crippen LogP contribution in [0.5, 0.6) is 0 Å².